The minimum Gasteiger partial charge on any atom is -0.454 e. The maximum atomic E-state index is 12.5. The van der Waals surface area contributed by atoms with Crippen LogP contribution in [0.4, 0.5) is 5.69 Å². The Morgan fingerprint density at radius 1 is 1.11 bits per heavy atom. The van der Waals surface area contributed by atoms with Crippen LogP contribution in [0, 0.1) is 5.92 Å². The molecule has 8 nitrogen and oxygen atoms in total. The lowest BCUT2D eigenvalue weighted by Crippen LogP contribution is -2.28. The molecular weight excluding hydrogens is 362 g/mol. The standard InChI is InChI=1S/C20H19N3O5/c21-19(25)13-2-4-15(5-3-13)22-20(26)14-8-18(24)23(10-14)9-12-1-6-16-17(7-12)28-11-27-16/h1-7,14H,8-11H2,(H2,21,25)(H,22,26). The molecule has 144 valence electrons. The summed E-state index contributed by atoms with van der Waals surface area (Å²) in [5.41, 5.74) is 7.04. The Hall–Kier alpha value is -3.55. The topological polar surface area (TPSA) is 111 Å². The zero-order chi connectivity index (χ0) is 19.7. The zero-order valence-corrected chi connectivity index (χ0v) is 15.0. The molecule has 8 heteroatoms. The number of nitrogens with zero attached hydrogens (tertiary/aromatic N) is 1. The molecule has 0 aliphatic carbocycles. The van der Waals surface area contributed by atoms with Gasteiger partial charge in [0.2, 0.25) is 24.5 Å². The molecule has 3 N–H and O–H groups in total. The summed E-state index contributed by atoms with van der Waals surface area (Å²) in [5.74, 6) is 0.0972. The van der Waals surface area contributed by atoms with Gasteiger partial charge in [0.25, 0.3) is 0 Å². The van der Waals surface area contributed by atoms with E-state index >= 15 is 0 Å². The number of carbonyl (C=O) groups excluding carboxylic acids is 3. The Kier molecular flexibility index (Phi) is 4.60. The van der Waals surface area contributed by atoms with Gasteiger partial charge in [0.05, 0.1) is 5.92 Å². The van der Waals surface area contributed by atoms with Gasteiger partial charge in [0.15, 0.2) is 11.5 Å². The van der Waals surface area contributed by atoms with E-state index in [9.17, 15) is 14.4 Å². The number of benzene rings is 2. The molecule has 1 atom stereocenters. The molecule has 1 unspecified atom stereocenters. The Morgan fingerprint density at radius 2 is 1.86 bits per heavy atom. The van der Waals surface area contributed by atoms with Gasteiger partial charge in [0.1, 0.15) is 0 Å². The number of ether oxygens (including phenoxy) is 2. The van der Waals surface area contributed by atoms with Gasteiger partial charge >= 0.3 is 0 Å². The second-order valence-corrected chi connectivity index (χ2v) is 6.79. The molecule has 2 aromatic carbocycles. The van der Waals surface area contributed by atoms with Crippen molar-refractivity contribution in [1.29, 1.82) is 0 Å². The number of nitrogens with one attached hydrogen (secondary N) is 1. The van der Waals surface area contributed by atoms with Crippen LogP contribution in [0.3, 0.4) is 0 Å². The number of hydrogen-bond acceptors (Lipinski definition) is 5. The van der Waals surface area contributed by atoms with Gasteiger partial charge in [0, 0.05) is 30.8 Å². The van der Waals surface area contributed by atoms with Crippen molar-refractivity contribution >= 4 is 23.4 Å². The van der Waals surface area contributed by atoms with E-state index in [1.54, 1.807) is 29.2 Å². The van der Waals surface area contributed by atoms with E-state index in [1.165, 1.54) is 0 Å². The number of anilines is 1. The normalized spacial score (nSPS) is 17.6. The molecule has 4 rings (SSSR count). The largest absolute Gasteiger partial charge is 0.454 e. The first-order chi connectivity index (χ1) is 13.5. The molecule has 28 heavy (non-hydrogen) atoms. The van der Waals surface area contributed by atoms with Crippen molar-refractivity contribution in [3.8, 4) is 11.5 Å². The van der Waals surface area contributed by atoms with E-state index in [2.05, 4.69) is 5.32 Å². The minimum atomic E-state index is -0.529. The summed E-state index contributed by atoms with van der Waals surface area (Å²) < 4.78 is 10.6. The Labute approximate surface area is 161 Å². The molecule has 2 aromatic rings. The van der Waals surface area contributed by atoms with Crippen LogP contribution in [0.2, 0.25) is 0 Å². The first kappa shape index (κ1) is 17.8. The van der Waals surface area contributed by atoms with Gasteiger partial charge in [-0.2, -0.15) is 0 Å². The number of amides is 3. The van der Waals surface area contributed by atoms with Crippen LogP contribution < -0.4 is 20.5 Å². The summed E-state index contributed by atoms with van der Waals surface area (Å²) in [6, 6.07) is 11.9. The van der Waals surface area contributed by atoms with Gasteiger partial charge in [-0.3, -0.25) is 14.4 Å². The van der Waals surface area contributed by atoms with Crippen molar-refractivity contribution in [3.05, 3.63) is 53.6 Å². The van der Waals surface area contributed by atoms with Crippen LogP contribution in [-0.4, -0.2) is 36.0 Å². The molecule has 3 amide bonds. The quantitative estimate of drug-likeness (QED) is 0.815. The van der Waals surface area contributed by atoms with Gasteiger partial charge in [-0.05, 0) is 42.0 Å². The van der Waals surface area contributed by atoms with Gasteiger partial charge < -0.3 is 25.4 Å². The second kappa shape index (κ2) is 7.22. The maximum Gasteiger partial charge on any atom is 0.248 e. The van der Waals surface area contributed by atoms with E-state index in [0.29, 0.717) is 35.8 Å². The highest BCUT2D eigenvalue weighted by Crippen LogP contribution is 2.33. The molecule has 0 spiro atoms. The number of fused-ring (bicyclic) bond motifs is 1. The van der Waals surface area contributed by atoms with Crippen LogP contribution in [0.5, 0.6) is 11.5 Å². The molecule has 1 fully saturated rings. The first-order valence-corrected chi connectivity index (χ1v) is 8.86. The van der Waals surface area contributed by atoms with E-state index in [1.807, 2.05) is 18.2 Å². The number of carbonyl (C=O) groups is 3. The second-order valence-electron chi connectivity index (χ2n) is 6.79. The molecule has 0 radical (unpaired) electrons. The summed E-state index contributed by atoms with van der Waals surface area (Å²) in [6.45, 7) is 0.954. The van der Waals surface area contributed by atoms with E-state index in [-0.39, 0.29) is 25.0 Å². The van der Waals surface area contributed by atoms with Gasteiger partial charge in [-0.1, -0.05) is 6.07 Å². The fraction of sp³-hybridized carbons (Fsp3) is 0.250. The van der Waals surface area contributed by atoms with E-state index in [4.69, 9.17) is 15.2 Å². The number of nitrogens with two attached hydrogens (primary N) is 1. The molecule has 0 saturated carbocycles. The molecule has 1 saturated heterocycles. The third-order valence-corrected chi connectivity index (χ3v) is 4.83. The molecule has 0 bridgehead atoms. The van der Waals surface area contributed by atoms with Crippen molar-refractivity contribution in [2.75, 3.05) is 18.7 Å². The number of likely N-dealkylation sites (tertiary alicyclic amines) is 1. The Morgan fingerprint density at radius 3 is 2.61 bits per heavy atom. The SMILES string of the molecule is NC(=O)c1ccc(NC(=O)C2CC(=O)N(Cc3ccc4c(c3)OCO4)C2)cc1. The molecule has 2 aliphatic heterocycles. The van der Waals surface area contributed by atoms with Crippen molar-refractivity contribution in [2.24, 2.45) is 11.7 Å². The minimum absolute atomic E-state index is 0.0677. The van der Waals surface area contributed by atoms with E-state index < -0.39 is 11.8 Å². The van der Waals surface area contributed by atoms with Crippen LogP contribution in [-0.2, 0) is 16.1 Å². The highest BCUT2D eigenvalue weighted by molar-refractivity contribution is 5.98. The van der Waals surface area contributed by atoms with Crippen molar-refractivity contribution < 1.29 is 23.9 Å². The number of hydrogen-bond donors (Lipinski definition) is 2. The van der Waals surface area contributed by atoms with Crippen LogP contribution in [0.1, 0.15) is 22.3 Å². The lowest BCUT2D eigenvalue weighted by Gasteiger charge is -2.17. The Balaban J connectivity index is 1.37. The Bertz CT molecular complexity index is 941. The summed E-state index contributed by atoms with van der Waals surface area (Å²) in [4.78, 5) is 37.6. The maximum absolute atomic E-state index is 12.5. The van der Waals surface area contributed by atoms with Crippen LogP contribution in [0.15, 0.2) is 42.5 Å². The van der Waals surface area contributed by atoms with E-state index in [0.717, 1.165) is 5.56 Å². The summed E-state index contributed by atoms with van der Waals surface area (Å²) in [5, 5.41) is 2.78. The lowest BCUT2D eigenvalue weighted by molar-refractivity contribution is -0.128. The first-order valence-electron chi connectivity index (χ1n) is 8.86. The third kappa shape index (κ3) is 3.62. The average Bonchev–Trinajstić information content (AvgIpc) is 3.28. The van der Waals surface area contributed by atoms with Gasteiger partial charge in [-0.25, -0.2) is 0 Å². The van der Waals surface area contributed by atoms with Crippen molar-refractivity contribution in [1.82, 2.24) is 4.90 Å². The van der Waals surface area contributed by atoms with Gasteiger partial charge in [-0.15, -0.1) is 0 Å². The van der Waals surface area contributed by atoms with Crippen molar-refractivity contribution in [2.45, 2.75) is 13.0 Å². The molecule has 2 aliphatic rings. The number of rotatable bonds is 5. The summed E-state index contributed by atoms with van der Waals surface area (Å²) in [6.07, 6.45) is 0.162. The van der Waals surface area contributed by atoms with Crippen LogP contribution in [0.25, 0.3) is 0 Å². The summed E-state index contributed by atoms with van der Waals surface area (Å²) in [7, 11) is 0. The predicted octanol–water partition coefficient (Wildman–Crippen LogP) is 1.50. The van der Waals surface area contributed by atoms with Crippen molar-refractivity contribution in [3.63, 3.8) is 0 Å². The van der Waals surface area contributed by atoms with Crippen LogP contribution >= 0.6 is 0 Å². The lowest BCUT2D eigenvalue weighted by atomic mass is 10.1. The molecule has 0 aromatic heterocycles. The monoisotopic (exact) mass is 381 g/mol. The smallest absolute Gasteiger partial charge is 0.248 e. The summed E-state index contributed by atoms with van der Waals surface area (Å²) >= 11 is 0. The molecular formula is C20H19N3O5. The third-order valence-electron chi connectivity index (χ3n) is 4.83. The average molecular weight is 381 g/mol. The highest BCUT2D eigenvalue weighted by Gasteiger charge is 2.34. The molecule has 2 heterocycles. The predicted molar refractivity (Wildman–Crippen MR) is 99.7 cm³/mol. The fourth-order valence-electron chi connectivity index (χ4n) is 3.32. The zero-order valence-electron chi connectivity index (χ0n) is 15.0. The number of primary amides is 1. The fourth-order valence-corrected chi connectivity index (χ4v) is 3.32. The highest BCUT2D eigenvalue weighted by atomic mass is 16.7.